The molecule has 3 nitrogen and oxygen atoms in total. The van der Waals surface area contributed by atoms with Crippen molar-refractivity contribution in [1.82, 2.24) is 9.80 Å². The predicted octanol–water partition coefficient (Wildman–Crippen LogP) is 2.63. The Labute approximate surface area is 135 Å². The van der Waals surface area contributed by atoms with Crippen molar-refractivity contribution in [2.45, 2.75) is 31.8 Å². The van der Waals surface area contributed by atoms with Gasteiger partial charge in [-0.15, -0.1) is 0 Å². The van der Waals surface area contributed by atoms with E-state index >= 15 is 0 Å². The lowest BCUT2D eigenvalue weighted by Gasteiger charge is -2.41. The number of aliphatic hydroxyl groups excluding tert-OH is 1. The molecule has 0 unspecified atom stereocenters. The van der Waals surface area contributed by atoms with E-state index in [0.29, 0.717) is 12.0 Å². The van der Waals surface area contributed by atoms with Crippen molar-refractivity contribution in [3.05, 3.63) is 35.1 Å². The largest absolute Gasteiger partial charge is 0.396 e. The van der Waals surface area contributed by atoms with E-state index in [1.54, 1.807) is 0 Å². The maximum atomic E-state index is 13.8. The fourth-order valence-corrected chi connectivity index (χ4v) is 3.48. The van der Waals surface area contributed by atoms with Crippen LogP contribution < -0.4 is 0 Å². The summed E-state index contributed by atoms with van der Waals surface area (Å²) in [6.45, 7) is 1.99. The van der Waals surface area contributed by atoms with E-state index in [4.69, 9.17) is 5.11 Å². The molecule has 1 aliphatic rings. The molecule has 1 fully saturated rings. The lowest BCUT2D eigenvalue weighted by molar-refractivity contribution is 0.0710. The van der Waals surface area contributed by atoms with Crippen LogP contribution in [-0.4, -0.2) is 54.7 Å². The van der Waals surface area contributed by atoms with Crippen LogP contribution in [0.15, 0.2) is 12.1 Å². The minimum absolute atomic E-state index is 0.161. The first-order valence-corrected chi connectivity index (χ1v) is 8.06. The highest BCUT2D eigenvalue weighted by atomic mass is 19.2. The molecule has 1 N–H and O–H groups in total. The minimum atomic E-state index is -1.40. The number of rotatable bonds is 6. The minimum Gasteiger partial charge on any atom is -0.396 e. The molecule has 1 aromatic carbocycles. The number of likely N-dealkylation sites (tertiary alicyclic amines) is 1. The first kappa shape index (κ1) is 18.2. The highest BCUT2D eigenvalue weighted by Crippen LogP contribution is 2.26. The highest BCUT2D eigenvalue weighted by molar-refractivity contribution is 5.20. The molecule has 0 aliphatic carbocycles. The molecule has 1 aliphatic heterocycles. The number of piperidine rings is 1. The van der Waals surface area contributed by atoms with Crippen LogP contribution in [0.1, 0.15) is 24.8 Å². The fraction of sp³-hybridized carbons (Fsp3) is 0.647. The number of aliphatic hydroxyl groups is 1. The number of halogens is 3. The summed E-state index contributed by atoms with van der Waals surface area (Å²) in [5, 5.41) is 9.06. The van der Waals surface area contributed by atoms with Crippen LogP contribution in [0.25, 0.3) is 0 Å². The van der Waals surface area contributed by atoms with E-state index in [1.807, 2.05) is 14.1 Å². The maximum absolute atomic E-state index is 13.8. The van der Waals surface area contributed by atoms with Crippen molar-refractivity contribution >= 4 is 0 Å². The van der Waals surface area contributed by atoms with Crippen molar-refractivity contribution < 1.29 is 18.3 Å². The summed E-state index contributed by atoms with van der Waals surface area (Å²) in [7, 11) is 4.09. The Kier molecular flexibility index (Phi) is 6.44. The third-order valence-corrected chi connectivity index (χ3v) is 4.68. The van der Waals surface area contributed by atoms with E-state index in [9.17, 15) is 13.2 Å². The molecule has 1 aromatic rings. The third kappa shape index (κ3) is 4.46. The average Bonchev–Trinajstić information content (AvgIpc) is 2.53. The molecule has 0 bridgehead atoms. The molecule has 2 atom stereocenters. The van der Waals surface area contributed by atoms with Gasteiger partial charge in [-0.1, -0.05) is 6.07 Å². The van der Waals surface area contributed by atoms with Gasteiger partial charge in [0.2, 0.25) is 0 Å². The summed E-state index contributed by atoms with van der Waals surface area (Å²) in [6.07, 6.45) is 2.58. The van der Waals surface area contributed by atoms with Gasteiger partial charge in [-0.2, -0.15) is 0 Å². The van der Waals surface area contributed by atoms with Crippen LogP contribution in [0.3, 0.4) is 0 Å². The van der Waals surface area contributed by atoms with Crippen LogP contribution in [0.2, 0.25) is 0 Å². The van der Waals surface area contributed by atoms with Crippen molar-refractivity contribution in [3.8, 4) is 0 Å². The van der Waals surface area contributed by atoms with Gasteiger partial charge in [-0.05, 0) is 51.9 Å². The van der Waals surface area contributed by atoms with Crippen LogP contribution in [0.5, 0.6) is 0 Å². The Morgan fingerprint density at radius 3 is 2.61 bits per heavy atom. The van der Waals surface area contributed by atoms with Crippen molar-refractivity contribution in [1.29, 1.82) is 0 Å². The van der Waals surface area contributed by atoms with E-state index in [2.05, 4.69) is 9.80 Å². The van der Waals surface area contributed by atoms with Crippen molar-refractivity contribution in [2.75, 3.05) is 33.8 Å². The first-order valence-electron chi connectivity index (χ1n) is 8.06. The lowest BCUT2D eigenvalue weighted by Crippen LogP contribution is -2.48. The smallest absolute Gasteiger partial charge is 0.194 e. The molecular weight excluding hydrogens is 305 g/mol. The Morgan fingerprint density at radius 1 is 1.22 bits per heavy atom. The maximum Gasteiger partial charge on any atom is 0.194 e. The molecule has 0 amide bonds. The molecule has 0 radical (unpaired) electrons. The van der Waals surface area contributed by atoms with Gasteiger partial charge in [0.25, 0.3) is 0 Å². The molecule has 1 heterocycles. The van der Waals surface area contributed by atoms with E-state index in [-0.39, 0.29) is 18.7 Å². The van der Waals surface area contributed by atoms with Crippen LogP contribution in [0.4, 0.5) is 13.2 Å². The zero-order valence-electron chi connectivity index (χ0n) is 13.7. The SMILES string of the molecule is CN(C)[C@@H]1CCN(Cc2ccc(F)c(F)c2F)C[C@@H]1CCCO. The van der Waals surface area contributed by atoms with Crippen LogP contribution in [-0.2, 0) is 6.54 Å². The molecule has 0 aromatic heterocycles. The van der Waals surface area contributed by atoms with Crippen LogP contribution in [0, 0.1) is 23.4 Å². The summed E-state index contributed by atoms with van der Waals surface area (Å²) in [6, 6.07) is 2.71. The molecule has 0 spiro atoms. The Bertz CT molecular complexity index is 525. The average molecular weight is 330 g/mol. The van der Waals surface area contributed by atoms with Gasteiger partial charge in [0.15, 0.2) is 17.5 Å². The van der Waals surface area contributed by atoms with Crippen LogP contribution >= 0.6 is 0 Å². The summed E-state index contributed by atoms with van der Waals surface area (Å²) in [5.41, 5.74) is 0.188. The van der Waals surface area contributed by atoms with E-state index in [0.717, 1.165) is 38.4 Å². The topological polar surface area (TPSA) is 26.7 Å². The van der Waals surface area contributed by atoms with E-state index < -0.39 is 17.5 Å². The quantitative estimate of drug-likeness (QED) is 0.813. The second-order valence-corrected chi connectivity index (χ2v) is 6.52. The lowest BCUT2D eigenvalue weighted by atomic mass is 9.87. The molecule has 1 saturated heterocycles. The number of benzene rings is 1. The number of nitrogens with zero attached hydrogens (tertiary/aromatic N) is 2. The third-order valence-electron chi connectivity index (χ3n) is 4.68. The molecular formula is C17H25F3N2O. The Balaban J connectivity index is 2.05. The molecule has 2 rings (SSSR count). The second-order valence-electron chi connectivity index (χ2n) is 6.52. The number of hydrogen-bond acceptors (Lipinski definition) is 3. The van der Waals surface area contributed by atoms with Gasteiger partial charge in [-0.25, -0.2) is 13.2 Å². The fourth-order valence-electron chi connectivity index (χ4n) is 3.48. The first-order chi connectivity index (χ1) is 10.9. The van der Waals surface area contributed by atoms with Crippen molar-refractivity contribution in [3.63, 3.8) is 0 Å². The van der Waals surface area contributed by atoms with Gasteiger partial charge < -0.3 is 10.0 Å². The summed E-state index contributed by atoms with van der Waals surface area (Å²) in [4.78, 5) is 4.27. The second kappa shape index (κ2) is 8.13. The molecule has 0 saturated carbocycles. The zero-order chi connectivity index (χ0) is 17.0. The van der Waals surface area contributed by atoms with E-state index in [1.165, 1.54) is 6.07 Å². The molecule has 6 heteroatoms. The monoisotopic (exact) mass is 330 g/mol. The number of hydrogen-bond donors (Lipinski definition) is 1. The zero-order valence-corrected chi connectivity index (χ0v) is 13.7. The predicted molar refractivity (Wildman–Crippen MR) is 83.5 cm³/mol. The molecule has 130 valence electrons. The van der Waals surface area contributed by atoms with Gasteiger partial charge in [0.1, 0.15) is 0 Å². The van der Waals surface area contributed by atoms with Gasteiger partial charge in [-0.3, -0.25) is 4.90 Å². The van der Waals surface area contributed by atoms with Gasteiger partial charge >= 0.3 is 0 Å². The summed E-state index contributed by atoms with van der Waals surface area (Å²) < 4.78 is 40.2. The van der Waals surface area contributed by atoms with Gasteiger partial charge in [0, 0.05) is 31.3 Å². The molecule has 23 heavy (non-hydrogen) atoms. The van der Waals surface area contributed by atoms with Gasteiger partial charge in [0.05, 0.1) is 0 Å². The highest BCUT2D eigenvalue weighted by Gasteiger charge is 2.30. The standard InChI is InChI=1S/C17H25F3N2O/c1-21(2)15-7-8-22(10-12(15)4-3-9-23)11-13-5-6-14(18)17(20)16(13)19/h5-6,12,15,23H,3-4,7-11H2,1-2H3/t12-,15+/m0/s1. The summed E-state index contributed by atoms with van der Waals surface area (Å²) in [5.74, 6) is -3.27. The normalized spacial score (nSPS) is 22.7. The summed E-state index contributed by atoms with van der Waals surface area (Å²) >= 11 is 0. The van der Waals surface area contributed by atoms with Crippen molar-refractivity contribution in [2.24, 2.45) is 5.92 Å². The Morgan fingerprint density at radius 2 is 1.96 bits per heavy atom. The Hall–Kier alpha value is -1.11.